The molecule has 0 fully saturated rings. The number of nitrogens with zero attached hydrogens (tertiary/aromatic N) is 6. The standard InChI is InChI=1S/C36H44Cl2N8O4/c1-25-19-33(41-45(25)21-27(3)43(23-49)15-11-39-13-17-47)31-9-5-7-29(35(31)37)30-8-6-10-32(36(30)38)34-20-26(2)46(42-34)22-28(4)44(24-50)16-12-40-14-18-48/h5-10,19-24,39-40,47-48H,11-18H2,1-4H3/b27-21-,28-22-. The molecule has 0 saturated heterocycles. The lowest BCUT2D eigenvalue weighted by atomic mass is 9.98. The molecule has 0 aliphatic heterocycles. The molecule has 2 aromatic carbocycles. The molecule has 0 atom stereocenters. The van der Waals surface area contributed by atoms with E-state index in [1.807, 2.05) is 76.2 Å². The van der Waals surface area contributed by atoms with Crippen molar-refractivity contribution in [2.24, 2.45) is 0 Å². The highest BCUT2D eigenvalue weighted by molar-refractivity contribution is 6.39. The number of rotatable bonds is 19. The summed E-state index contributed by atoms with van der Waals surface area (Å²) in [6, 6.07) is 15.3. The van der Waals surface area contributed by atoms with Crippen LogP contribution in [-0.2, 0) is 9.59 Å². The Balaban J connectivity index is 1.61. The lowest BCUT2D eigenvalue weighted by Gasteiger charge is -2.18. The largest absolute Gasteiger partial charge is 0.395 e. The Labute approximate surface area is 302 Å². The van der Waals surface area contributed by atoms with E-state index in [9.17, 15) is 9.59 Å². The third-order valence-corrected chi connectivity index (χ3v) is 8.91. The predicted octanol–water partition coefficient (Wildman–Crippen LogP) is 4.72. The number of aliphatic hydroxyl groups excluding tert-OH is 2. The first-order chi connectivity index (χ1) is 24.1. The Hall–Kier alpha value is -4.30. The van der Waals surface area contributed by atoms with E-state index in [1.54, 1.807) is 31.6 Å². The molecule has 2 aromatic heterocycles. The van der Waals surface area contributed by atoms with Crippen LogP contribution in [0.1, 0.15) is 25.2 Å². The summed E-state index contributed by atoms with van der Waals surface area (Å²) in [7, 11) is 0. The number of benzene rings is 2. The van der Waals surface area contributed by atoms with Crippen LogP contribution in [0.2, 0.25) is 10.0 Å². The number of aromatic nitrogens is 4. The number of hydrogen-bond donors (Lipinski definition) is 4. The van der Waals surface area contributed by atoms with E-state index in [4.69, 9.17) is 43.6 Å². The predicted molar refractivity (Wildman–Crippen MR) is 199 cm³/mol. The van der Waals surface area contributed by atoms with Crippen LogP contribution >= 0.6 is 23.2 Å². The zero-order valence-corrected chi connectivity index (χ0v) is 30.2. The molecule has 0 bridgehead atoms. The summed E-state index contributed by atoms with van der Waals surface area (Å²) >= 11 is 14.1. The van der Waals surface area contributed by atoms with E-state index < -0.39 is 0 Å². The molecule has 12 nitrogen and oxygen atoms in total. The normalized spacial score (nSPS) is 12.0. The molecular formula is C36H44Cl2N8O4. The summed E-state index contributed by atoms with van der Waals surface area (Å²) in [5.41, 5.74) is 7.39. The monoisotopic (exact) mass is 722 g/mol. The first-order valence-corrected chi connectivity index (χ1v) is 17.0. The highest BCUT2D eigenvalue weighted by Crippen LogP contribution is 2.42. The van der Waals surface area contributed by atoms with Crippen molar-refractivity contribution in [3.8, 4) is 33.6 Å². The summed E-state index contributed by atoms with van der Waals surface area (Å²) in [4.78, 5) is 26.6. The van der Waals surface area contributed by atoms with Gasteiger partial charge in [0, 0.05) is 96.7 Å². The maximum atomic E-state index is 11.7. The van der Waals surface area contributed by atoms with Crippen molar-refractivity contribution >= 4 is 48.4 Å². The Kier molecular flexibility index (Phi) is 14.3. The second-order valence-electron chi connectivity index (χ2n) is 11.7. The fourth-order valence-corrected chi connectivity index (χ4v) is 5.96. The summed E-state index contributed by atoms with van der Waals surface area (Å²) in [5, 5.41) is 34.6. The summed E-state index contributed by atoms with van der Waals surface area (Å²) in [5.74, 6) is 0. The molecule has 0 aliphatic carbocycles. The minimum Gasteiger partial charge on any atom is -0.395 e. The quantitative estimate of drug-likeness (QED) is 0.0806. The van der Waals surface area contributed by atoms with Crippen molar-refractivity contribution in [2.45, 2.75) is 27.7 Å². The van der Waals surface area contributed by atoms with E-state index in [2.05, 4.69) is 10.6 Å². The molecule has 2 heterocycles. The van der Waals surface area contributed by atoms with Crippen molar-refractivity contribution in [2.75, 3.05) is 52.5 Å². The molecule has 4 aromatic rings. The van der Waals surface area contributed by atoms with Gasteiger partial charge in [0.15, 0.2) is 0 Å². The fraction of sp³-hybridized carbons (Fsp3) is 0.333. The van der Waals surface area contributed by atoms with Crippen LogP contribution in [0.4, 0.5) is 0 Å². The summed E-state index contributed by atoms with van der Waals surface area (Å²) in [6.45, 7) is 10.5. The molecule has 0 radical (unpaired) electrons. The maximum absolute atomic E-state index is 11.7. The molecule has 14 heteroatoms. The van der Waals surface area contributed by atoms with Gasteiger partial charge < -0.3 is 30.6 Å². The first kappa shape index (κ1) is 38.5. The number of halogens is 2. The number of amides is 2. The average molecular weight is 724 g/mol. The third-order valence-electron chi connectivity index (χ3n) is 8.10. The van der Waals surface area contributed by atoms with Gasteiger partial charge in [0.25, 0.3) is 0 Å². The van der Waals surface area contributed by atoms with Gasteiger partial charge in [-0.1, -0.05) is 59.6 Å². The number of nitrogens with one attached hydrogen (secondary N) is 2. The van der Waals surface area contributed by atoms with Gasteiger partial charge in [0.2, 0.25) is 12.8 Å². The zero-order chi connectivity index (χ0) is 36.2. The van der Waals surface area contributed by atoms with E-state index in [0.717, 1.165) is 46.5 Å². The lowest BCUT2D eigenvalue weighted by Crippen LogP contribution is -2.31. The van der Waals surface area contributed by atoms with Gasteiger partial charge in [-0.15, -0.1) is 0 Å². The SMILES string of the molecule is C/C(=C/n1nc(-c2cccc(-c3cccc(-c4cc(C)n(/C=C(/C)N(C=O)CCNCCO)n4)c3Cl)c2Cl)cc1C)N(C=O)CCNCCO. The van der Waals surface area contributed by atoms with Gasteiger partial charge in [0.1, 0.15) is 0 Å². The second kappa shape index (κ2) is 18.6. The number of hydrogen-bond acceptors (Lipinski definition) is 8. The van der Waals surface area contributed by atoms with Gasteiger partial charge >= 0.3 is 0 Å². The molecule has 2 amide bonds. The van der Waals surface area contributed by atoms with Crippen LogP contribution in [0.5, 0.6) is 0 Å². The summed E-state index contributed by atoms with van der Waals surface area (Å²) in [6.07, 6.45) is 5.14. The first-order valence-electron chi connectivity index (χ1n) is 16.3. The van der Waals surface area contributed by atoms with E-state index >= 15 is 0 Å². The Bertz CT molecular complexity index is 1700. The number of allylic oxidation sites excluding steroid dienone is 2. The molecule has 50 heavy (non-hydrogen) atoms. The third kappa shape index (κ3) is 9.48. The topological polar surface area (TPSA) is 141 Å². The second-order valence-corrected chi connectivity index (χ2v) is 12.4. The zero-order valence-electron chi connectivity index (χ0n) is 28.7. The number of carbonyl (C=O) groups is 2. The Morgan fingerprint density at radius 1 is 0.700 bits per heavy atom. The minimum atomic E-state index is 0.0334. The Morgan fingerprint density at radius 3 is 1.44 bits per heavy atom. The lowest BCUT2D eigenvalue weighted by molar-refractivity contribution is -0.117. The van der Waals surface area contributed by atoms with Crippen LogP contribution in [-0.4, -0.2) is 105 Å². The van der Waals surface area contributed by atoms with E-state index in [0.29, 0.717) is 72.1 Å². The molecule has 0 spiro atoms. The smallest absolute Gasteiger partial charge is 0.213 e. The number of carbonyl (C=O) groups excluding carboxylic acids is 2. The van der Waals surface area contributed by atoms with Gasteiger partial charge in [-0.25, -0.2) is 9.36 Å². The van der Waals surface area contributed by atoms with Gasteiger partial charge in [-0.3, -0.25) is 9.59 Å². The molecular weight excluding hydrogens is 679 g/mol. The highest BCUT2D eigenvalue weighted by Gasteiger charge is 2.19. The van der Waals surface area contributed by atoms with E-state index in [1.165, 1.54) is 0 Å². The Morgan fingerprint density at radius 2 is 1.08 bits per heavy atom. The van der Waals surface area contributed by atoms with Crippen molar-refractivity contribution in [3.63, 3.8) is 0 Å². The van der Waals surface area contributed by atoms with Crippen LogP contribution in [0.3, 0.4) is 0 Å². The van der Waals surface area contributed by atoms with Crippen molar-refractivity contribution in [1.29, 1.82) is 0 Å². The maximum Gasteiger partial charge on any atom is 0.213 e. The minimum absolute atomic E-state index is 0.0334. The van der Waals surface area contributed by atoms with Crippen molar-refractivity contribution < 1.29 is 19.8 Å². The molecule has 0 aliphatic rings. The molecule has 4 rings (SSSR count). The van der Waals surface area contributed by atoms with Crippen LogP contribution in [0, 0.1) is 13.8 Å². The molecule has 4 N–H and O–H groups in total. The highest BCUT2D eigenvalue weighted by atomic mass is 35.5. The van der Waals surface area contributed by atoms with Crippen LogP contribution < -0.4 is 10.6 Å². The molecule has 0 unspecified atom stereocenters. The van der Waals surface area contributed by atoms with Crippen molar-refractivity contribution in [1.82, 2.24) is 40.0 Å². The number of aliphatic hydroxyl groups is 2. The van der Waals surface area contributed by atoms with E-state index in [-0.39, 0.29) is 13.2 Å². The van der Waals surface area contributed by atoms with Crippen LogP contribution in [0.25, 0.3) is 46.0 Å². The molecule has 0 saturated carbocycles. The van der Waals surface area contributed by atoms with Crippen molar-refractivity contribution in [3.05, 3.63) is 81.4 Å². The van der Waals surface area contributed by atoms with Gasteiger partial charge in [0.05, 0.1) is 34.6 Å². The van der Waals surface area contributed by atoms with Gasteiger partial charge in [-0.05, 0) is 39.8 Å². The average Bonchev–Trinajstić information content (AvgIpc) is 3.65. The fourth-order valence-electron chi connectivity index (χ4n) is 5.31. The summed E-state index contributed by atoms with van der Waals surface area (Å²) < 4.78 is 3.44. The number of aryl methyl sites for hydroxylation is 2. The molecule has 266 valence electrons. The van der Waals surface area contributed by atoms with Gasteiger partial charge in [-0.2, -0.15) is 10.2 Å². The van der Waals surface area contributed by atoms with Crippen LogP contribution in [0.15, 0.2) is 59.9 Å².